The second kappa shape index (κ2) is 8.64. The third-order valence-corrected chi connectivity index (χ3v) is 3.91. The van der Waals surface area contributed by atoms with Gasteiger partial charge in [-0.1, -0.05) is 29.8 Å². The number of ether oxygens (including phenoxy) is 1. The Balaban J connectivity index is 2.25. The number of hydrogen-bond acceptors (Lipinski definition) is 4. The molecule has 0 spiro atoms. The van der Waals surface area contributed by atoms with E-state index in [1.807, 2.05) is 0 Å². The van der Waals surface area contributed by atoms with Crippen molar-refractivity contribution in [2.24, 2.45) is 0 Å². The molecule has 1 rings (SSSR count). The van der Waals surface area contributed by atoms with Crippen molar-refractivity contribution in [1.29, 1.82) is 0 Å². The van der Waals surface area contributed by atoms with Crippen LogP contribution in [0.15, 0.2) is 24.3 Å². The quantitative estimate of drug-likeness (QED) is 0.724. The standard InChI is InChI=1S/C15H21NO3S/c1-12-4-6-13(7-5-12)10-20-11-14(17)16(2)9-8-15(18)19-3/h4-7H,8-11H2,1-3H3. The Kier molecular flexibility index (Phi) is 7.15. The van der Waals surface area contributed by atoms with E-state index in [9.17, 15) is 9.59 Å². The number of esters is 1. The van der Waals surface area contributed by atoms with E-state index in [0.29, 0.717) is 12.3 Å². The summed E-state index contributed by atoms with van der Waals surface area (Å²) < 4.78 is 4.55. The van der Waals surface area contributed by atoms with E-state index in [2.05, 4.69) is 35.9 Å². The third kappa shape index (κ3) is 6.10. The van der Waals surface area contributed by atoms with Crippen molar-refractivity contribution in [3.8, 4) is 0 Å². The lowest BCUT2D eigenvalue weighted by Gasteiger charge is -2.16. The summed E-state index contributed by atoms with van der Waals surface area (Å²) in [6, 6.07) is 8.29. The van der Waals surface area contributed by atoms with Crippen LogP contribution < -0.4 is 0 Å². The highest BCUT2D eigenvalue weighted by atomic mass is 32.2. The number of benzene rings is 1. The van der Waals surface area contributed by atoms with Crippen LogP contribution in [-0.2, 0) is 20.1 Å². The normalized spacial score (nSPS) is 10.2. The molecular weight excluding hydrogens is 274 g/mol. The van der Waals surface area contributed by atoms with Gasteiger partial charge in [0, 0.05) is 19.3 Å². The van der Waals surface area contributed by atoms with E-state index in [4.69, 9.17) is 0 Å². The average molecular weight is 295 g/mol. The van der Waals surface area contributed by atoms with Gasteiger partial charge in [-0.05, 0) is 12.5 Å². The lowest BCUT2D eigenvalue weighted by atomic mass is 10.2. The van der Waals surface area contributed by atoms with Gasteiger partial charge in [0.15, 0.2) is 0 Å². The van der Waals surface area contributed by atoms with Crippen LogP contribution in [0.3, 0.4) is 0 Å². The summed E-state index contributed by atoms with van der Waals surface area (Å²) in [5.74, 6) is 0.977. The van der Waals surface area contributed by atoms with Crippen LogP contribution in [0.1, 0.15) is 17.5 Å². The van der Waals surface area contributed by atoms with Gasteiger partial charge >= 0.3 is 5.97 Å². The minimum atomic E-state index is -0.294. The number of amides is 1. The van der Waals surface area contributed by atoms with Crippen molar-refractivity contribution in [2.45, 2.75) is 19.1 Å². The molecule has 0 aromatic heterocycles. The fourth-order valence-corrected chi connectivity index (χ4v) is 2.46. The largest absolute Gasteiger partial charge is 0.469 e. The summed E-state index contributed by atoms with van der Waals surface area (Å²) in [6.45, 7) is 2.45. The summed E-state index contributed by atoms with van der Waals surface area (Å²) >= 11 is 1.58. The molecule has 0 N–H and O–H groups in total. The molecule has 20 heavy (non-hydrogen) atoms. The third-order valence-electron chi connectivity index (χ3n) is 2.92. The molecule has 1 aromatic rings. The summed E-state index contributed by atoms with van der Waals surface area (Å²) in [6.07, 6.45) is 0.237. The van der Waals surface area contributed by atoms with Crippen molar-refractivity contribution < 1.29 is 14.3 Å². The van der Waals surface area contributed by atoms with Gasteiger partial charge in [-0.2, -0.15) is 0 Å². The molecule has 0 atom stereocenters. The molecule has 110 valence electrons. The highest BCUT2D eigenvalue weighted by Crippen LogP contribution is 2.13. The number of methoxy groups -OCH3 is 1. The fourth-order valence-electron chi connectivity index (χ4n) is 1.54. The van der Waals surface area contributed by atoms with Crippen LogP contribution in [0.4, 0.5) is 0 Å². The van der Waals surface area contributed by atoms with E-state index in [1.165, 1.54) is 18.2 Å². The summed E-state index contributed by atoms with van der Waals surface area (Å²) in [5, 5.41) is 0. The Morgan fingerprint density at radius 1 is 1.25 bits per heavy atom. The summed E-state index contributed by atoms with van der Waals surface area (Å²) in [4.78, 5) is 24.4. The monoisotopic (exact) mass is 295 g/mol. The maximum atomic E-state index is 11.8. The SMILES string of the molecule is COC(=O)CCN(C)C(=O)CSCc1ccc(C)cc1. The molecule has 0 saturated heterocycles. The highest BCUT2D eigenvalue weighted by molar-refractivity contribution is 7.99. The molecule has 0 unspecified atom stereocenters. The zero-order chi connectivity index (χ0) is 15.0. The Bertz CT molecular complexity index is 445. The molecule has 0 aliphatic rings. The number of carbonyl (C=O) groups excluding carboxylic acids is 2. The van der Waals surface area contributed by atoms with E-state index in [0.717, 1.165) is 5.75 Å². The van der Waals surface area contributed by atoms with Gasteiger partial charge < -0.3 is 9.64 Å². The Morgan fingerprint density at radius 3 is 2.50 bits per heavy atom. The molecular formula is C15H21NO3S. The Morgan fingerprint density at radius 2 is 1.90 bits per heavy atom. The van der Waals surface area contributed by atoms with Crippen molar-refractivity contribution in [3.63, 3.8) is 0 Å². The van der Waals surface area contributed by atoms with Crippen LogP contribution >= 0.6 is 11.8 Å². The van der Waals surface area contributed by atoms with Crippen LogP contribution in [0.5, 0.6) is 0 Å². The van der Waals surface area contributed by atoms with E-state index in [1.54, 1.807) is 23.7 Å². The van der Waals surface area contributed by atoms with Gasteiger partial charge in [-0.25, -0.2) is 0 Å². The second-order valence-electron chi connectivity index (χ2n) is 4.62. The number of hydrogen-bond donors (Lipinski definition) is 0. The van der Waals surface area contributed by atoms with Crippen LogP contribution in [0, 0.1) is 6.92 Å². The first kappa shape index (κ1) is 16.6. The number of carbonyl (C=O) groups is 2. The van der Waals surface area contributed by atoms with Gasteiger partial charge in [0.2, 0.25) is 5.91 Å². The molecule has 0 radical (unpaired) electrons. The van der Waals surface area contributed by atoms with Crippen LogP contribution in [0.25, 0.3) is 0 Å². The van der Waals surface area contributed by atoms with Gasteiger partial charge in [0.25, 0.3) is 0 Å². The van der Waals surface area contributed by atoms with Gasteiger partial charge in [-0.3, -0.25) is 9.59 Å². The number of nitrogens with zero attached hydrogens (tertiary/aromatic N) is 1. The maximum absolute atomic E-state index is 11.8. The summed E-state index contributed by atoms with van der Waals surface area (Å²) in [5.41, 5.74) is 2.45. The van der Waals surface area contributed by atoms with Crippen molar-refractivity contribution in [1.82, 2.24) is 4.90 Å². The second-order valence-corrected chi connectivity index (χ2v) is 5.61. The first-order valence-electron chi connectivity index (χ1n) is 6.47. The zero-order valence-electron chi connectivity index (χ0n) is 12.2. The molecule has 0 fully saturated rings. The molecule has 4 nitrogen and oxygen atoms in total. The van der Waals surface area contributed by atoms with E-state index < -0.39 is 0 Å². The molecule has 1 aromatic carbocycles. The molecule has 0 aliphatic carbocycles. The minimum absolute atomic E-state index is 0.0333. The van der Waals surface area contributed by atoms with Crippen LogP contribution in [-0.4, -0.2) is 43.2 Å². The summed E-state index contributed by atoms with van der Waals surface area (Å²) in [7, 11) is 3.05. The molecule has 0 saturated carbocycles. The smallest absolute Gasteiger partial charge is 0.307 e. The fraction of sp³-hybridized carbons (Fsp3) is 0.467. The number of thioether (sulfide) groups is 1. The maximum Gasteiger partial charge on any atom is 0.307 e. The van der Waals surface area contributed by atoms with E-state index in [-0.39, 0.29) is 18.3 Å². The predicted molar refractivity (Wildman–Crippen MR) is 81.6 cm³/mol. The first-order chi connectivity index (χ1) is 9.52. The van der Waals surface area contributed by atoms with Gasteiger partial charge in [-0.15, -0.1) is 11.8 Å². The van der Waals surface area contributed by atoms with Crippen molar-refractivity contribution in [2.75, 3.05) is 26.5 Å². The zero-order valence-corrected chi connectivity index (χ0v) is 13.0. The van der Waals surface area contributed by atoms with Crippen LogP contribution in [0.2, 0.25) is 0 Å². The van der Waals surface area contributed by atoms with E-state index >= 15 is 0 Å². The first-order valence-corrected chi connectivity index (χ1v) is 7.62. The molecule has 0 aliphatic heterocycles. The molecule has 0 bridgehead atoms. The lowest BCUT2D eigenvalue weighted by molar-refractivity contribution is -0.141. The van der Waals surface area contributed by atoms with Crippen molar-refractivity contribution in [3.05, 3.63) is 35.4 Å². The molecule has 5 heteroatoms. The minimum Gasteiger partial charge on any atom is -0.469 e. The number of rotatable bonds is 7. The average Bonchev–Trinajstić information content (AvgIpc) is 2.46. The predicted octanol–water partition coefficient (Wildman–Crippen LogP) is 2.25. The Labute approximate surface area is 124 Å². The van der Waals surface area contributed by atoms with Gasteiger partial charge in [0.05, 0.1) is 19.3 Å². The Hall–Kier alpha value is -1.49. The number of aryl methyl sites for hydroxylation is 1. The van der Waals surface area contributed by atoms with Crippen molar-refractivity contribution >= 4 is 23.6 Å². The topological polar surface area (TPSA) is 46.6 Å². The van der Waals surface area contributed by atoms with Gasteiger partial charge in [0.1, 0.15) is 0 Å². The molecule has 0 heterocycles. The lowest BCUT2D eigenvalue weighted by Crippen LogP contribution is -2.30. The highest BCUT2D eigenvalue weighted by Gasteiger charge is 2.10. The molecule has 1 amide bonds.